The first-order valence-corrected chi connectivity index (χ1v) is 23.7. The molecule has 0 saturated heterocycles. The minimum Gasteiger partial charge on any atom is -0.309 e. The first kappa shape index (κ1) is 39.8. The summed E-state index contributed by atoms with van der Waals surface area (Å²) in [4.78, 5) is 3.64. The lowest BCUT2D eigenvalue weighted by Crippen LogP contribution is -2.28. The molecule has 2 nitrogen and oxygen atoms in total. The number of rotatable bonds is 8. The second kappa shape index (κ2) is 15.8. The van der Waals surface area contributed by atoms with Crippen LogP contribution >= 0.6 is 11.3 Å². The standard InChI is InChI=1S/C63H48N2S/c1-62(2,3)46-30-34-50(35-31-46)64(61-40-39-60(66-61)44-17-7-4-8-18-44)49-32-27-43(28-33-49)45-29-38-59-55(41-45)54-24-14-16-26-58(54)65(59)51-36-37-53-52-23-13-15-25-56(52)63(57(53)42-51,47-19-9-5-10-20-47)48-21-11-6-12-22-48/h4-42H,1-3H3. The maximum Gasteiger partial charge on any atom is 0.101 e. The summed E-state index contributed by atoms with van der Waals surface area (Å²) >= 11 is 1.82. The fourth-order valence-electron chi connectivity index (χ4n) is 10.5. The van der Waals surface area contributed by atoms with E-state index in [1.54, 1.807) is 0 Å². The van der Waals surface area contributed by atoms with Crippen LogP contribution in [0.4, 0.5) is 16.4 Å². The van der Waals surface area contributed by atoms with Gasteiger partial charge in [0.2, 0.25) is 0 Å². The number of hydrogen-bond acceptors (Lipinski definition) is 2. The van der Waals surface area contributed by atoms with E-state index < -0.39 is 5.41 Å². The highest BCUT2D eigenvalue weighted by molar-refractivity contribution is 7.19. The van der Waals surface area contributed by atoms with Gasteiger partial charge >= 0.3 is 0 Å². The Balaban J connectivity index is 0.962. The maximum absolute atomic E-state index is 2.47. The minimum atomic E-state index is -0.471. The highest BCUT2D eigenvalue weighted by Gasteiger charge is 2.46. The lowest BCUT2D eigenvalue weighted by molar-refractivity contribution is 0.590. The molecule has 0 spiro atoms. The van der Waals surface area contributed by atoms with E-state index in [0.29, 0.717) is 0 Å². The van der Waals surface area contributed by atoms with E-state index in [1.807, 2.05) is 11.3 Å². The predicted molar refractivity (Wildman–Crippen MR) is 280 cm³/mol. The Morgan fingerprint density at radius 3 is 1.70 bits per heavy atom. The fourth-order valence-corrected chi connectivity index (χ4v) is 11.6. The molecule has 0 N–H and O–H groups in total. The van der Waals surface area contributed by atoms with Crippen LogP contribution in [0.3, 0.4) is 0 Å². The number of hydrogen-bond donors (Lipinski definition) is 0. The van der Waals surface area contributed by atoms with Crippen molar-refractivity contribution in [2.45, 2.75) is 31.6 Å². The Morgan fingerprint density at radius 1 is 0.424 bits per heavy atom. The van der Waals surface area contributed by atoms with E-state index >= 15 is 0 Å². The Kier molecular flexibility index (Phi) is 9.52. The summed E-state index contributed by atoms with van der Waals surface area (Å²) < 4.78 is 2.47. The molecule has 66 heavy (non-hydrogen) atoms. The van der Waals surface area contributed by atoms with Crippen LogP contribution < -0.4 is 4.90 Å². The highest BCUT2D eigenvalue weighted by atomic mass is 32.1. The van der Waals surface area contributed by atoms with Crippen LogP contribution in [-0.4, -0.2) is 4.57 Å². The first-order chi connectivity index (χ1) is 32.4. The van der Waals surface area contributed by atoms with E-state index in [0.717, 1.165) is 17.1 Å². The largest absolute Gasteiger partial charge is 0.309 e. The SMILES string of the molecule is CC(C)(C)c1ccc(N(c2ccc(-c3ccc4c(c3)c3ccccc3n4-c3ccc4c(c3)C(c3ccccc3)(c3ccccc3)c3ccccc3-4)cc2)c2ccc(-c3ccccc3)s2)cc1. The van der Waals surface area contributed by atoms with Gasteiger partial charge in [-0.1, -0.05) is 191 Å². The summed E-state index contributed by atoms with van der Waals surface area (Å²) in [6.45, 7) is 6.81. The lowest BCUT2D eigenvalue weighted by atomic mass is 9.67. The van der Waals surface area contributed by atoms with Crippen LogP contribution in [0, 0.1) is 0 Å². The molecule has 0 fully saturated rings. The van der Waals surface area contributed by atoms with Crippen LogP contribution in [0.15, 0.2) is 237 Å². The van der Waals surface area contributed by atoms with E-state index in [2.05, 4.69) is 267 Å². The summed E-state index contributed by atoms with van der Waals surface area (Å²) in [5, 5.41) is 3.66. The first-order valence-electron chi connectivity index (χ1n) is 22.9. The molecule has 0 atom stereocenters. The molecule has 0 bridgehead atoms. The number of benzene rings is 9. The second-order valence-corrected chi connectivity index (χ2v) is 19.6. The van der Waals surface area contributed by atoms with Crippen molar-refractivity contribution in [3.05, 3.63) is 264 Å². The minimum absolute atomic E-state index is 0.0756. The van der Waals surface area contributed by atoms with Crippen molar-refractivity contribution in [3.8, 4) is 38.4 Å². The molecular weight excluding hydrogens is 817 g/mol. The molecule has 0 unspecified atom stereocenters. The van der Waals surface area contributed by atoms with Gasteiger partial charge in [0.1, 0.15) is 5.00 Å². The van der Waals surface area contributed by atoms with Gasteiger partial charge in [-0.15, -0.1) is 11.3 Å². The number of anilines is 3. The zero-order valence-electron chi connectivity index (χ0n) is 37.3. The van der Waals surface area contributed by atoms with Crippen LogP contribution in [0.25, 0.3) is 60.2 Å². The van der Waals surface area contributed by atoms with E-state index in [-0.39, 0.29) is 5.41 Å². The van der Waals surface area contributed by atoms with Gasteiger partial charge in [0, 0.05) is 32.7 Å². The third-order valence-corrected chi connectivity index (χ3v) is 14.8. The molecule has 12 rings (SSSR count). The monoisotopic (exact) mass is 864 g/mol. The fraction of sp³-hybridized carbons (Fsp3) is 0.0794. The predicted octanol–water partition coefficient (Wildman–Crippen LogP) is 17.3. The van der Waals surface area contributed by atoms with E-state index in [4.69, 9.17) is 0 Å². The Morgan fingerprint density at radius 2 is 1.00 bits per heavy atom. The molecule has 9 aromatic carbocycles. The molecule has 0 radical (unpaired) electrons. The summed E-state index contributed by atoms with van der Waals surface area (Å²) in [7, 11) is 0. The average molecular weight is 865 g/mol. The van der Waals surface area contributed by atoms with Crippen molar-refractivity contribution >= 4 is 49.5 Å². The molecule has 11 aromatic rings. The van der Waals surface area contributed by atoms with Gasteiger partial charge in [0.25, 0.3) is 0 Å². The zero-order chi connectivity index (χ0) is 44.4. The highest BCUT2D eigenvalue weighted by Crippen LogP contribution is 2.56. The number of para-hydroxylation sites is 1. The summed E-state index contributed by atoms with van der Waals surface area (Å²) in [6.07, 6.45) is 0. The number of aromatic nitrogens is 1. The Bertz CT molecular complexity index is 3500. The van der Waals surface area contributed by atoms with Gasteiger partial charge in [-0.25, -0.2) is 0 Å². The Hall–Kier alpha value is -7.72. The summed E-state index contributed by atoms with van der Waals surface area (Å²) in [5.41, 5.74) is 18.1. The molecular formula is C63H48N2S. The molecule has 1 aliphatic carbocycles. The van der Waals surface area contributed by atoms with Crippen LogP contribution in [-0.2, 0) is 10.8 Å². The van der Waals surface area contributed by atoms with Crippen molar-refractivity contribution in [1.29, 1.82) is 0 Å². The molecule has 3 heteroatoms. The Labute approximate surface area is 391 Å². The lowest BCUT2D eigenvalue weighted by Gasteiger charge is -2.34. The van der Waals surface area contributed by atoms with Gasteiger partial charge in [0.15, 0.2) is 0 Å². The van der Waals surface area contributed by atoms with Crippen molar-refractivity contribution in [2.24, 2.45) is 0 Å². The normalized spacial score (nSPS) is 12.9. The molecule has 2 heterocycles. The molecule has 2 aromatic heterocycles. The number of nitrogens with zero attached hydrogens (tertiary/aromatic N) is 2. The third kappa shape index (κ3) is 6.45. The smallest absolute Gasteiger partial charge is 0.101 e. The topological polar surface area (TPSA) is 8.17 Å². The van der Waals surface area contributed by atoms with Crippen molar-refractivity contribution in [2.75, 3.05) is 4.90 Å². The quantitative estimate of drug-likeness (QED) is 0.148. The second-order valence-electron chi connectivity index (χ2n) is 18.5. The van der Waals surface area contributed by atoms with Crippen LogP contribution in [0.2, 0.25) is 0 Å². The van der Waals surface area contributed by atoms with Crippen LogP contribution in [0.5, 0.6) is 0 Å². The molecule has 0 saturated carbocycles. The van der Waals surface area contributed by atoms with Gasteiger partial charge in [-0.05, 0) is 128 Å². The zero-order valence-corrected chi connectivity index (χ0v) is 38.1. The molecule has 0 aliphatic heterocycles. The molecule has 0 amide bonds. The average Bonchev–Trinajstić information content (AvgIpc) is 4.07. The number of thiophene rings is 1. The molecule has 316 valence electrons. The van der Waals surface area contributed by atoms with Crippen LogP contribution in [0.1, 0.15) is 48.6 Å². The van der Waals surface area contributed by atoms with Crippen molar-refractivity contribution in [1.82, 2.24) is 4.57 Å². The van der Waals surface area contributed by atoms with Gasteiger partial charge < -0.3 is 9.47 Å². The van der Waals surface area contributed by atoms with Gasteiger partial charge in [0.05, 0.1) is 16.4 Å². The van der Waals surface area contributed by atoms with E-state index in [1.165, 1.54) is 87.3 Å². The molecule has 1 aliphatic rings. The maximum atomic E-state index is 2.47. The van der Waals surface area contributed by atoms with Crippen molar-refractivity contribution < 1.29 is 0 Å². The van der Waals surface area contributed by atoms with Gasteiger partial charge in [-0.3, -0.25) is 0 Å². The summed E-state index contributed by atoms with van der Waals surface area (Å²) in [6, 6.07) is 87.5. The number of fused-ring (bicyclic) bond motifs is 6. The van der Waals surface area contributed by atoms with Gasteiger partial charge in [-0.2, -0.15) is 0 Å². The third-order valence-electron chi connectivity index (χ3n) is 13.7. The summed E-state index contributed by atoms with van der Waals surface area (Å²) in [5.74, 6) is 0. The van der Waals surface area contributed by atoms with E-state index in [9.17, 15) is 0 Å². The van der Waals surface area contributed by atoms with Crippen molar-refractivity contribution in [3.63, 3.8) is 0 Å².